The van der Waals surface area contributed by atoms with Gasteiger partial charge in [-0.25, -0.2) is 0 Å². The van der Waals surface area contributed by atoms with Crippen molar-refractivity contribution in [2.75, 3.05) is 13.2 Å². The predicted molar refractivity (Wildman–Crippen MR) is 111 cm³/mol. The minimum atomic E-state index is -0.534. The van der Waals surface area contributed by atoms with Crippen LogP contribution in [0.25, 0.3) is 0 Å². The van der Waals surface area contributed by atoms with Crippen molar-refractivity contribution in [2.24, 2.45) is 0 Å². The molecule has 150 valence electrons. The summed E-state index contributed by atoms with van der Waals surface area (Å²) in [5.74, 6) is 0.335. The van der Waals surface area contributed by atoms with Gasteiger partial charge in [0.1, 0.15) is 11.8 Å². The molecule has 0 bridgehead atoms. The van der Waals surface area contributed by atoms with Gasteiger partial charge in [0.15, 0.2) is 6.61 Å². The van der Waals surface area contributed by atoms with Gasteiger partial charge in [-0.3, -0.25) is 9.59 Å². The smallest absolute Gasteiger partial charge is 0.261 e. The Morgan fingerprint density at radius 3 is 2.46 bits per heavy atom. The number of aryl methyl sites for hydroxylation is 2. The fraction of sp³-hybridized carbons (Fsp3) is 0.391. The van der Waals surface area contributed by atoms with Crippen LogP contribution in [-0.4, -0.2) is 35.9 Å². The maximum Gasteiger partial charge on any atom is 0.261 e. The number of hydrogen-bond acceptors (Lipinski definition) is 3. The number of nitrogens with zero attached hydrogens (tertiary/aromatic N) is 1. The number of nitrogens with one attached hydrogen (secondary N) is 1. The molecule has 0 fully saturated rings. The van der Waals surface area contributed by atoms with E-state index in [2.05, 4.69) is 5.32 Å². The predicted octanol–water partition coefficient (Wildman–Crippen LogP) is 3.63. The molecule has 0 heterocycles. The van der Waals surface area contributed by atoms with Crippen LogP contribution < -0.4 is 10.1 Å². The summed E-state index contributed by atoms with van der Waals surface area (Å²) in [6, 6.07) is 15.0. The lowest BCUT2D eigenvalue weighted by Crippen LogP contribution is -2.50. The second-order valence-corrected chi connectivity index (χ2v) is 6.88. The molecule has 0 saturated heterocycles. The second kappa shape index (κ2) is 10.5. The third-order valence-corrected chi connectivity index (χ3v) is 4.62. The Bertz CT molecular complexity index is 804. The highest BCUT2D eigenvalue weighted by molar-refractivity contribution is 5.88. The molecule has 0 unspecified atom stereocenters. The van der Waals surface area contributed by atoms with Gasteiger partial charge >= 0.3 is 0 Å². The molecular weight excluding hydrogens is 352 g/mol. The van der Waals surface area contributed by atoms with Crippen LogP contribution in [0, 0.1) is 13.8 Å². The molecule has 2 amide bonds. The van der Waals surface area contributed by atoms with E-state index in [0.29, 0.717) is 25.3 Å². The van der Waals surface area contributed by atoms with Crippen molar-refractivity contribution in [3.63, 3.8) is 0 Å². The second-order valence-electron chi connectivity index (χ2n) is 6.88. The SMILES string of the molecule is CCNC(=O)[C@H](CC)N(Cc1cccc(C)c1)C(=O)COc1ccccc1C. The quantitative estimate of drug-likeness (QED) is 0.721. The van der Waals surface area contributed by atoms with Gasteiger partial charge < -0.3 is 15.0 Å². The molecule has 0 aliphatic heterocycles. The monoisotopic (exact) mass is 382 g/mol. The van der Waals surface area contributed by atoms with E-state index in [-0.39, 0.29) is 18.4 Å². The van der Waals surface area contributed by atoms with E-state index in [1.807, 2.05) is 76.2 Å². The van der Waals surface area contributed by atoms with E-state index >= 15 is 0 Å². The first-order valence-corrected chi connectivity index (χ1v) is 9.77. The first-order valence-electron chi connectivity index (χ1n) is 9.77. The molecule has 2 aromatic carbocycles. The number of carbonyl (C=O) groups excluding carboxylic acids is 2. The Labute approximate surface area is 167 Å². The van der Waals surface area contributed by atoms with Gasteiger partial charge in [0, 0.05) is 13.1 Å². The summed E-state index contributed by atoms with van der Waals surface area (Å²) in [6.45, 7) is 8.53. The Morgan fingerprint density at radius 2 is 1.82 bits per heavy atom. The van der Waals surface area contributed by atoms with Crippen molar-refractivity contribution in [2.45, 2.75) is 46.7 Å². The lowest BCUT2D eigenvalue weighted by molar-refractivity contribution is -0.142. The average molecular weight is 383 g/mol. The first kappa shape index (κ1) is 21.5. The van der Waals surface area contributed by atoms with Crippen LogP contribution in [0.2, 0.25) is 0 Å². The minimum absolute atomic E-state index is 0.105. The van der Waals surface area contributed by atoms with Gasteiger partial charge in [-0.05, 0) is 44.4 Å². The van der Waals surface area contributed by atoms with E-state index in [4.69, 9.17) is 4.74 Å². The topological polar surface area (TPSA) is 58.6 Å². The number of para-hydroxylation sites is 1. The van der Waals surface area contributed by atoms with Crippen molar-refractivity contribution < 1.29 is 14.3 Å². The molecule has 2 rings (SSSR count). The summed E-state index contributed by atoms with van der Waals surface area (Å²) < 4.78 is 5.75. The van der Waals surface area contributed by atoms with Crippen LogP contribution in [0.15, 0.2) is 48.5 Å². The number of hydrogen-bond donors (Lipinski definition) is 1. The number of likely N-dealkylation sites (N-methyl/N-ethyl adjacent to an activating group) is 1. The molecule has 0 aliphatic rings. The molecule has 5 nitrogen and oxygen atoms in total. The number of ether oxygens (including phenoxy) is 1. The Kier molecular flexibility index (Phi) is 8.05. The van der Waals surface area contributed by atoms with Crippen molar-refractivity contribution >= 4 is 11.8 Å². The van der Waals surface area contributed by atoms with Gasteiger partial charge in [0.05, 0.1) is 0 Å². The van der Waals surface area contributed by atoms with Crippen LogP contribution in [0.3, 0.4) is 0 Å². The van der Waals surface area contributed by atoms with Gasteiger partial charge in [-0.1, -0.05) is 55.0 Å². The zero-order valence-corrected chi connectivity index (χ0v) is 17.2. The molecule has 1 N–H and O–H groups in total. The molecular formula is C23H30N2O3. The van der Waals surface area contributed by atoms with Crippen LogP contribution in [-0.2, 0) is 16.1 Å². The van der Waals surface area contributed by atoms with Crippen molar-refractivity contribution in [1.82, 2.24) is 10.2 Å². The molecule has 5 heteroatoms. The lowest BCUT2D eigenvalue weighted by atomic mass is 10.1. The summed E-state index contributed by atoms with van der Waals surface area (Å²) in [5.41, 5.74) is 3.08. The van der Waals surface area contributed by atoms with Crippen LogP contribution in [0.1, 0.15) is 37.0 Å². The van der Waals surface area contributed by atoms with E-state index in [1.165, 1.54) is 0 Å². The Morgan fingerprint density at radius 1 is 1.07 bits per heavy atom. The van der Waals surface area contributed by atoms with E-state index in [0.717, 1.165) is 16.7 Å². The molecule has 0 aromatic heterocycles. The number of rotatable bonds is 9. The summed E-state index contributed by atoms with van der Waals surface area (Å²) in [7, 11) is 0. The highest BCUT2D eigenvalue weighted by atomic mass is 16.5. The highest BCUT2D eigenvalue weighted by Gasteiger charge is 2.28. The van der Waals surface area contributed by atoms with E-state index in [9.17, 15) is 9.59 Å². The lowest BCUT2D eigenvalue weighted by Gasteiger charge is -2.30. The Hall–Kier alpha value is -2.82. The summed E-state index contributed by atoms with van der Waals surface area (Å²) in [4.78, 5) is 27.2. The van der Waals surface area contributed by atoms with E-state index in [1.54, 1.807) is 4.90 Å². The van der Waals surface area contributed by atoms with Crippen molar-refractivity contribution in [1.29, 1.82) is 0 Å². The van der Waals surface area contributed by atoms with Crippen LogP contribution in [0.5, 0.6) is 5.75 Å². The van der Waals surface area contributed by atoms with Crippen LogP contribution in [0.4, 0.5) is 0 Å². The van der Waals surface area contributed by atoms with Gasteiger partial charge in [0.25, 0.3) is 5.91 Å². The highest BCUT2D eigenvalue weighted by Crippen LogP contribution is 2.18. The Balaban J connectivity index is 2.21. The molecule has 1 atom stereocenters. The molecule has 0 radical (unpaired) electrons. The minimum Gasteiger partial charge on any atom is -0.484 e. The molecule has 0 saturated carbocycles. The molecule has 28 heavy (non-hydrogen) atoms. The third-order valence-electron chi connectivity index (χ3n) is 4.62. The van der Waals surface area contributed by atoms with Crippen LogP contribution >= 0.6 is 0 Å². The van der Waals surface area contributed by atoms with Crippen molar-refractivity contribution in [3.8, 4) is 5.75 Å². The van der Waals surface area contributed by atoms with Crippen molar-refractivity contribution in [3.05, 3.63) is 65.2 Å². The molecule has 2 aromatic rings. The molecule has 0 aliphatic carbocycles. The summed E-state index contributed by atoms with van der Waals surface area (Å²) >= 11 is 0. The van der Waals surface area contributed by atoms with Gasteiger partial charge in [-0.2, -0.15) is 0 Å². The fourth-order valence-electron chi connectivity index (χ4n) is 3.16. The maximum atomic E-state index is 13.0. The fourth-order valence-corrected chi connectivity index (χ4v) is 3.16. The number of benzene rings is 2. The number of amides is 2. The molecule has 0 spiro atoms. The largest absolute Gasteiger partial charge is 0.484 e. The zero-order chi connectivity index (χ0) is 20.5. The van der Waals surface area contributed by atoms with Gasteiger partial charge in [-0.15, -0.1) is 0 Å². The van der Waals surface area contributed by atoms with Gasteiger partial charge in [0.2, 0.25) is 5.91 Å². The number of carbonyl (C=O) groups is 2. The summed E-state index contributed by atoms with van der Waals surface area (Å²) in [5, 5.41) is 2.84. The third kappa shape index (κ3) is 5.84. The first-order chi connectivity index (χ1) is 13.5. The maximum absolute atomic E-state index is 13.0. The zero-order valence-electron chi connectivity index (χ0n) is 17.2. The summed E-state index contributed by atoms with van der Waals surface area (Å²) in [6.07, 6.45) is 0.535. The normalized spacial score (nSPS) is 11.6. The average Bonchev–Trinajstić information content (AvgIpc) is 2.67. The standard InChI is InChI=1S/C23H30N2O3/c1-5-20(23(27)24-6-2)25(15-19-12-9-10-17(3)14-19)22(26)16-28-21-13-8-7-11-18(21)4/h7-14,20H,5-6,15-16H2,1-4H3,(H,24,27)/t20-/m0/s1. The van der Waals surface area contributed by atoms with E-state index < -0.39 is 6.04 Å².